The first kappa shape index (κ1) is 28.0. The Kier molecular flexibility index (Phi) is 8.01. The fraction of sp³-hybridized carbons (Fsp3) is 0.484. The van der Waals surface area contributed by atoms with E-state index in [1.807, 2.05) is 47.4 Å². The Balaban J connectivity index is 1.11. The number of piperidine rings is 2. The molecule has 0 radical (unpaired) electrons. The summed E-state index contributed by atoms with van der Waals surface area (Å²) in [5, 5.41) is 11.0. The van der Waals surface area contributed by atoms with Crippen LogP contribution in [0.25, 0.3) is 10.9 Å². The number of carbonyl (C=O) groups is 3. The second-order valence-corrected chi connectivity index (χ2v) is 11.8. The topological polar surface area (TPSA) is 137 Å². The largest absolute Gasteiger partial charge is 0.436 e. The summed E-state index contributed by atoms with van der Waals surface area (Å²) < 4.78 is 5.97. The monoisotopic (exact) mass is 573 g/mol. The molecule has 2 fully saturated rings. The Bertz CT molecular complexity index is 1450. The second kappa shape index (κ2) is 12.0. The number of anilines is 1. The lowest BCUT2D eigenvalue weighted by atomic mass is 9.95. The van der Waals surface area contributed by atoms with Gasteiger partial charge in [-0.25, -0.2) is 9.59 Å². The fourth-order valence-corrected chi connectivity index (χ4v) is 6.45. The van der Waals surface area contributed by atoms with Crippen molar-refractivity contribution in [3.05, 3.63) is 59.8 Å². The van der Waals surface area contributed by atoms with Crippen molar-refractivity contribution >= 4 is 34.6 Å². The van der Waals surface area contributed by atoms with Crippen molar-refractivity contribution in [2.75, 3.05) is 31.5 Å². The number of nitrogens with two attached hydrogens (primary N) is 1. The van der Waals surface area contributed by atoms with Gasteiger partial charge in [0.15, 0.2) is 6.10 Å². The smallest absolute Gasteiger partial charge is 0.410 e. The van der Waals surface area contributed by atoms with E-state index in [2.05, 4.69) is 22.4 Å². The van der Waals surface area contributed by atoms with Gasteiger partial charge < -0.3 is 30.5 Å². The SMILES string of the molecule is CC1CCN(C(=O)[C@@H](Cc2ccc3[nH]ncc3c2)OC(=O)N2CCC(N3CCc4ccccc4NC3=O)CC2)C(N)C1. The van der Waals surface area contributed by atoms with E-state index in [0.29, 0.717) is 44.9 Å². The van der Waals surface area contributed by atoms with Crippen LogP contribution in [0, 0.1) is 5.92 Å². The van der Waals surface area contributed by atoms with Crippen LogP contribution in [0.15, 0.2) is 48.7 Å². The van der Waals surface area contributed by atoms with E-state index in [1.165, 1.54) is 0 Å². The first-order valence-electron chi connectivity index (χ1n) is 14.9. The van der Waals surface area contributed by atoms with E-state index in [9.17, 15) is 14.4 Å². The lowest BCUT2D eigenvalue weighted by Gasteiger charge is -2.39. The summed E-state index contributed by atoms with van der Waals surface area (Å²) in [6, 6.07) is 13.6. The van der Waals surface area contributed by atoms with Gasteiger partial charge in [0.2, 0.25) is 0 Å². The predicted molar refractivity (Wildman–Crippen MR) is 159 cm³/mol. The molecule has 2 unspecified atom stereocenters. The van der Waals surface area contributed by atoms with Gasteiger partial charge in [0.25, 0.3) is 5.91 Å². The van der Waals surface area contributed by atoms with Crippen LogP contribution in [0.5, 0.6) is 0 Å². The first-order valence-corrected chi connectivity index (χ1v) is 14.9. The molecular formula is C31H39N7O4. The summed E-state index contributed by atoms with van der Waals surface area (Å²) in [4.78, 5) is 45.4. The normalized spacial score (nSPS) is 22.3. The summed E-state index contributed by atoms with van der Waals surface area (Å²) in [6.07, 6.45) is 3.72. The molecule has 4 N–H and O–H groups in total. The van der Waals surface area contributed by atoms with E-state index >= 15 is 0 Å². The van der Waals surface area contributed by atoms with E-state index < -0.39 is 18.4 Å². The van der Waals surface area contributed by atoms with Crippen molar-refractivity contribution in [2.24, 2.45) is 11.7 Å². The second-order valence-electron chi connectivity index (χ2n) is 11.8. The number of aromatic nitrogens is 2. The van der Waals surface area contributed by atoms with E-state index in [-0.39, 0.29) is 24.4 Å². The van der Waals surface area contributed by atoms with Gasteiger partial charge in [-0.15, -0.1) is 0 Å². The van der Waals surface area contributed by atoms with Crippen molar-refractivity contribution < 1.29 is 19.1 Å². The number of carbonyl (C=O) groups excluding carboxylic acids is 3. The minimum Gasteiger partial charge on any atom is -0.436 e. The number of fused-ring (bicyclic) bond motifs is 2. The Morgan fingerprint density at radius 3 is 2.71 bits per heavy atom. The van der Waals surface area contributed by atoms with Gasteiger partial charge in [-0.05, 0) is 67.3 Å². The van der Waals surface area contributed by atoms with Crippen LogP contribution < -0.4 is 11.1 Å². The number of para-hydroxylation sites is 1. The number of hydrogen-bond donors (Lipinski definition) is 3. The van der Waals surface area contributed by atoms with Crippen molar-refractivity contribution in [3.63, 3.8) is 0 Å². The minimum absolute atomic E-state index is 0.0239. The van der Waals surface area contributed by atoms with Gasteiger partial charge in [0.1, 0.15) is 0 Å². The zero-order valence-electron chi connectivity index (χ0n) is 24.0. The van der Waals surface area contributed by atoms with Crippen molar-refractivity contribution in [1.82, 2.24) is 24.9 Å². The highest BCUT2D eigenvalue weighted by molar-refractivity contribution is 5.91. The minimum atomic E-state index is -0.992. The number of hydrogen-bond acceptors (Lipinski definition) is 6. The molecule has 2 aromatic carbocycles. The highest BCUT2D eigenvalue weighted by Gasteiger charge is 2.37. The molecule has 0 bridgehead atoms. The van der Waals surface area contributed by atoms with E-state index in [1.54, 1.807) is 16.0 Å². The zero-order valence-corrected chi connectivity index (χ0v) is 24.0. The molecule has 11 heteroatoms. The number of aromatic amines is 1. The maximum atomic E-state index is 13.8. The number of nitrogens with one attached hydrogen (secondary N) is 2. The molecule has 3 atom stereocenters. The molecule has 0 spiro atoms. The molecule has 3 aliphatic heterocycles. The highest BCUT2D eigenvalue weighted by atomic mass is 16.6. The predicted octanol–water partition coefficient (Wildman–Crippen LogP) is 3.71. The van der Waals surface area contributed by atoms with Crippen LogP contribution in [-0.2, 0) is 22.4 Å². The van der Waals surface area contributed by atoms with Crippen LogP contribution in [0.3, 0.4) is 0 Å². The van der Waals surface area contributed by atoms with Crippen molar-refractivity contribution in [1.29, 1.82) is 0 Å². The quantitative estimate of drug-likeness (QED) is 0.426. The third-order valence-electron chi connectivity index (χ3n) is 8.94. The third-order valence-corrected chi connectivity index (χ3v) is 8.94. The maximum Gasteiger partial charge on any atom is 0.410 e. The lowest BCUT2D eigenvalue weighted by Crippen LogP contribution is -2.55. The molecule has 0 saturated carbocycles. The Labute approximate surface area is 245 Å². The average Bonchev–Trinajstić information content (AvgIpc) is 3.38. The van der Waals surface area contributed by atoms with Gasteiger partial charge in [0, 0.05) is 49.7 Å². The number of ether oxygens (including phenoxy) is 1. The standard InChI is InChI=1S/C31H39N7O4/c1-20-8-14-38(28(32)16-20)29(39)27(18-21-6-7-26-23(17-21)19-33-35-26)42-31(41)36-12-10-24(11-13-36)37-15-9-22-4-2-3-5-25(22)34-30(37)40/h2-7,17,19-20,24,27-28H,8-16,18,32H2,1H3,(H,33,35)(H,34,40)/t20?,27-,28?/m1/s1. The molecule has 3 aliphatic rings. The molecule has 3 aromatic rings. The van der Waals surface area contributed by atoms with Crippen LogP contribution in [-0.4, -0.2) is 87.4 Å². The van der Waals surface area contributed by atoms with Crippen LogP contribution in [0.4, 0.5) is 15.3 Å². The summed E-state index contributed by atoms with van der Waals surface area (Å²) in [5.74, 6) is 0.182. The number of likely N-dealkylation sites (tertiary alicyclic amines) is 2. The fourth-order valence-electron chi connectivity index (χ4n) is 6.45. The highest BCUT2D eigenvalue weighted by Crippen LogP contribution is 2.26. The molecule has 4 heterocycles. The number of H-pyrrole nitrogens is 1. The first-order chi connectivity index (χ1) is 20.4. The average molecular weight is 574 g/mol. The molecule has 42 heavy (non-hydrogen) atoms. The molecule has 2 saturated heterocycles. The lowest BCUT2D eigenvalue weighted by molar-refractivity contribution is -0.145. The molecule has 4 amide bonds. The summed E-state index contributed by atoms with van der Waals surface area (Å²) >= 11 is 0. The molecule has 222 valence electrons. The number of amides is 4. The molecule has 6 rings (SSSR count). The molecule has 0 aliphatic carbocycles. The summed E-state index contributed by atoms with van der Waals surface area (Å²) in [5.41, 5.74) is 10.1. The van der Waals surface area contributed by atoms with Crippen LogP contribution in [0.2, 0.25) is 0 Å². The Morgan fingerprint density at radius 1 is 1.10 bits per heavy atom. The summed E-state index contributed by atoms with van der Waals surface area (Å²) in [6.45, 7) is 4.20. The number of nitrogens with zero attached hydrogens (tertiary/aromatic N) is 4. The van der Waals surface area contributed by atoms with Gasteiger partial charge >= 0.3 is 12.1 Å². The number of urea groups is 1. The maximum absolute atomic E-state index is 13.8. The van der Waals surface area contributed by atoms with Crippen LogP contribution in [0.1, 0.15) is 43.7 Å². The molecule has 11 nitrogen and oxygen atoms in total. The Hall–Kier alpha value is -4.12. The summed E-state index contributed by atoms with van der Waals surface area (Å²) in [7, 11) is 0. The van der Waals surface area contributed by atoms with Gasteiger partial charge in [-0.3, -0.25) is 9.89 Å². The van der Waals surface area contributed by atoms with Crippen molar-refractivity contribution in [2.45, 2.75) is 63.8 Å². The molecular weight excluding hydrogens is 534 g/mol. The van der Waals surface area contributed by atoms with Crippen molar-refractivity contribution in [3.8, 4) is 0 Å². The van der Waals surface area contributed by atoms with Crippen LogP contribution >= 0.6 is 0 Å². The number of rotatable bonds is 5. The zero-order chi connectivity index (χ0) is 29.2. The molecule has 1 aromatic heterocycles. The van der Waals surface area contributed by atoms with Gasteiger partial charge in [0.05, 0.1) is 17.9 Å². The van der Waals surface area contributed by atoms with E-state index in [4.69, 9.17) is 10.5 Å². The van der Waals surface area contributed by atoms with Gasteiger partial charge in [-0.2, -0.15) is 5.10 Å². The Morgan fingerprint density at radius 2 is 1.90 bits per heavy atom. The third kappa shape index (κ3) is 5.92. The van der Waals surface area contributed by atoms with Gasteiger partial charge in [-0.1, -0.05) is 31.2 Å². The number of benzene rings is 2. The van der Waals surface area contributed by atoms with E-state index in [0.717, 1.165) is 47.0 Å².